The van der Waals surface area contributed by atoms with E-state index in [1.165, 1.54) is 0 Å². The molecule has 0 saturated carbocycles. The summed E-state index contributed by atoms with van der Waals surface area (Å²) in [5, 5.41) is 4.40. The molecule has 1 heterocycles. The molecule has 0 aromatic heterocycles. The fourth-order valence-corrected chi connectivity index (χ4v) is 2.94. The fourth-order valence-electron chi connectivity index (χ4n) is 2.62. The van der Waals surface area contributed by atoms with Crippen LogP contribution in [0.25, 0.3) is 0 Å². The molecule has 0 bridgehead atoms. The number of hydrogen-bond donors (Lipinski definition) is 0. The summed E-state index contributed by atoms with van der Waals surface area (Å²) in [6.07, 6.45) is 0.453. The van der Waals surface area contributed by atoms with Crippen molar-refractivity contribution >= 4 is 23.3 Å². The van der Waals surface area contributed by atoms with Gasteiger partial charge in [0.1, 0.15) is 17.6 Å². The molecule has 0 N–H and O–H groups in total. The number of nitrogens with zero attached hydrogens (tertiary/aromatic N) is 1. The Balaban J connectivity index is 1.85. The Morgan fingerprint density at radius 1 is 1.28 bits per heavy atom. The number of hydrogen-bond acceptors (Lipinski definition) is 5. The summed E-state index contributed by atoms with van der Waals surface area (Å²) in [5.74, 6) is 0.753. The van der Waals surface area contributed by atoms with E-state index in [9.17, 15) is 4.79 Å². The van der Waals surface area contributed by atoms with Crippen LogP contribution in [0.2, 0.25) is 5.02 Å². The monoisotopic (exact) mass is 359 g/mol. The maximum Gasteiger partial charge on any atom is 0.367 e. The highest BCUT2D eigenvalue weighted by Gasteiger charge is 2.24. The summed E-state index contributed by atoms with van der Waals surface area (Å²) in [6.45, 7) is 3.83. The minimum Gasteiger partial charge on any atom is -0.497 e. The molecule has 0 unspecified atom stereocenters. The van der Waals surface area contributed by atoms with E-state index in [1.54, 1.807) is 31.4 Å². The van der Waals surface area contributed by atoms with Crippen LogP contribution < -0.4 is 9.47 Å². The molecular weight excluding hydrogens is 342 g/mol. The van der Waals surface area contributed by atoms with Crippen LogP contribution in [-0.4, -0.2) is 24.9 Å². The minimum absolute atomic E-state index is 0.0833. The number of oxime groups is 1. The van der Waals surface area contributed by atoms with E-state index < -0.39 is 5.97 Å². The van der Waals surface area contributed by atoms with Gasteiger partial charge in [-0.25, -0.2) is 4.79 Å². The molecule has 0 amide bonds. The van der Waals surface area contributed by atoms with Crippen molar-refractivity contribution in [2.75, 3.05) is 7.11 Å². The Bertz CT molecular complexity index is 847. The Morgan fingerprint density at radius 2 is 2.08 bits per heavy atom. The number of fused-ring (bicyclic) bond motifs is 1. The maximum absolute atomic E-state index is 12.2. The van der Waals surface area contributed by atoms with Gasteiger partial charge in [0.2, 0.25) is 0 Å². The van der Waals surface area contributed by atoms with Gasteiger partial charge in [-0.1, -0.05) is 22.8 Å². The van der Waals surface area contributed by atoms with E-state index in [0.29, 0.717) is 28.7 Å². The zero-order valence-corrected chi connectivity index (χ0v) is 15.0. The Kier molecular flexibility index (Phi) is 4.95. The van der Waals surface area contributed by atoms with Gasteiger partial charge in [-0.2, -0.15) is 0 Å². The Hall–Kier alpha value is -2.53. The van der Waals surface area contributed by atoms with Gasteiger partial charge in [0, 0.05) is 18.1 Å². The number of carbonyl (C=O) groups excluding carboxylic acids is 1. The van der Waals surface area contributed by atoms with Crippen LogP contribution in [0.1, 0.15) is 34.8 Å². The van der Waals surface area contributed by atoms with Gasteiger partial charge < -0.3 is 14.3 Å². The van der Waals surface area contributed by atoms with Crippen LogP contribution in [0.4, 0.5) is 0 Å². The van der Waals surface area contributed by atoms with Crippen molar-refractivity contribution in [2.45, 2.75) is 26.4 Å². The number of benzene rings is 2. The number of ether oxygens (including phenoxy) is 2. The normalized spacial score (nSPS) is 17.6. The standard InChI is InChI=1S/C19H18ClNO4/c1-11-4-6-14(16(20)8-11)19(22)25-21-17-9-12(2)24-18-10-13(23-3)5-7-15(17)18/h4-8,10,12H,9H2,1-3H3/b21-17+/t12-/m0/s1. The lowest BCUT2D eigenvalue weighted by molar-refractivity contribution is 0.0513. The van der Waals surface area contributed by atoms with Crippen molar-refractivity contribution in [3.8, 4) is 11.5 Å². The SMILES string of the molecule is COc1ccc2c(c1)O[C@@H](C)C/C2=N\OC(=O)c1ccc(C)cc1Cl. The summed E-state index contributed by atoms with van der Waals surface area (Å²) in [6, 6.07) is 10.6. The average Bonchev–Trinajstić information content (AvgIpc) is 2.58. The van der Waals surface area contributed by atoms with Crippen LogP contribution in [0.3, 0.4) is 0 Å². The summed E-state index contributed by atoms with van der Waals surface area (Å²) < 4.78 is 11.0. The smallest absolute Gasteiger partial charge is 0.367 e. The van der Waals surface area contributed by atoms with Gasteiger partial charge in [0.05, 0.1) is 23.4 Å². The molecule has 25 heavy (non-hydrogen) atoms. The zero-order valence-electron chi connectivity index (χ0n) is 14.2. The predicted molar refractivity (Wildman–Crippen MR) is 95.8 cm³/mol. The number of aryl methyl sites for hydroxylation is 1. The molecule has 6 heteroatoms. The van der Waals surface area contributed by atoms with Crippen molar-refractivity contribution in [1.82, 2.24) is 0 Å². The number of carbonyl (C=O) groups is 1. The highest BCUT2D eigenvalue weighted by atomic mass is 35.5. The maximum atomic E-state index is 12.2. The fraction of sp³-hybridized carbons (Fsp3) is 0.263. The van der Waals surface area contributed by atoms with E-state index in [2.05, 4.69) is 5.16 Å². The molecule has 1 aliphatic rings. The van der Waals surface area contributed by atoms with Gasteiger partial charge in [-0.05, 0) is 43.7 Å². The molecule has 5 nitrogen and oxygen atoms in total. The molecule has 130 valence electrons. The van der Waals surface area contributed by atoms with E-state index in [-0.39, 0.29) is 11.7 Å². The van der Waals surface area contributed by atoms with E-state index >= 15 is 0 Å². The van der Waals surface area contributed by atoms with E-state index in [0.717, 1.165) is 11.1 Å². The molecule has 3 rings (SSSR count). The second-order valence-corrected chi connectivity index (χ2v) is 6.30. The van der Waals surface area contributed by atoms with E-state index in [4.69, 9.17) is 25.9 Å². The lowest BCUT2D eigenvalue weighted by Gasteiger charge is -2.24. The molecule has 0 saturated heterocycles. The van der Waals surface area contributed by atoms with Crippen molar-refractivity contribution < 1.29 is 19.1 Å². The van der Waals surface area contributed by atoms with Gasteiger partial charge in [-0.15, -0.1) is 0 Å². The lowest BCUT2D eigenvalue weighted by Crippen LogP contribution is -2.25. The highest BCUT2D eigenvalue weighted by Crippen LogP contribution is 2.32. The molecule has 0 aliphatic carbocycles. The molecule has 2 aromatic rings. The van der Waals surface area contributed by atoms with Gasteiger partial charge >= 0.3 is 5.97 Å². The quantitative estimate of drug-likeness (QED) is 0.602. The first-order chi connectivity index (χ1) is 12.0. The second kappa shape index (κ2) is 7.15. The zero-order chi connectivity index (χ0) is 18.0. The van der Waals surface area contributed by atoms with Crippen molar-refractivity contribution in [1.29, 1.82) is 0 Å². The summed E-state index contributed by atoms with van der Waals surface area (Å²) in [7, 11) is 1.59. The molecule has 2 aromatic carbocycles. The van der Waals surface area contributed by atoms with Crippen LogP contribution in [0.15, 0.2) is 41.6 Å². The molecular formula is C19H18ClNO4. The summed E-state index contributed by atoms with van der Waals surface area (Å²) in [5.41, 5.74) is 2.68. The number of halogens is 1. The molecule has 0 fully saturated rings. The first-order valence-corrected chi connectivity index (χ1v) is 8.25. The third kappa shape index (κ3) is 3.77. The van der Waals surface area contributed by atoms with Crippen molar-refractivity contribution in [2.24, 2.45) is 5.16 Å². The number of rotatable bonds is 3. The molecule has 0 radical (unpaired) electrons. The third-order valence-electron chi connectivity index (χ3n) is 3.89. The second-order valence-electron chi connectivity index (χ2n) is 5.89. The van der Waals surface area contributed by atoms with Crippen LogP contribution >= 0.6 is 11.6 Å². The largest absolute Gasteiger partial charge is 0.497 e. The summed E-state index contributed by atoms with van der Waals surface area (Å²) in [4.78, 5) is 17.4. The van der Waals surface area contributed by atoms with Gasteiger partial charge in [0.25, 0.3) is 0 Å². The first-order valence-electron chi connectivity index (χ1n) is 7.87. The van der Waals surface area contributed by atoms with E-state index in [1.807, 2.05) is 26.0 Å². The molecule has 1 aliphatic heterocycles. The highest BCUT2D eigenvalue weighted by molar-refractivity contribution is 6.33. The summed E-state index contributed by atoms with van der Waals surface area (Å²) >= 11 is 6.10. The topological polar surface area (TPSA) is 57.1 Å². The van der Waals surface area contributed by atoms with Crippen LogP contribution in [-0.2, 0) is 4.84 Å². The molecule has 1 atom stereocenters. The lowest BCUT2D eigenvalue weighted by atomic mass is 10.0. The average molecular weight is 360 g/mol. The number of methoxy groups -OCH3 is 1. The van der Waals surface area contributed by atoms with Crippen molar-refractivity contribution in [3.63, 3.8) is 0 Å². The van der Waals surface area contributed by atoms with Gasteiger partial charge in [-0.3, -0.25) is 0 Å². The minimum atomic E-state index is -0.591. The van der Waals surface area contributed by atoms with Gasteiger partial charge in [0.15, 0.2) is 0 Å². The van der Waals surface area contributed by atoms with Crippen molar-refractivity contribution in [3.05, 3.63) is 58.1 Å². The molecule has 0 spiro atoms. The van der Waals surface area contributed by atoms with Crippen LogP contribution in [0.5, 0.6) is 11.5 Å². The predicted octanol–water partition coefficient (Wildman–Crippen LogP) is 4.39. The third-order valence-corrected chi connectivity index (χ3v) is 4.20. The van der Waals surface area contributed by atoms with Crippen LogP contribution in [0, 0.1) is 6.92 Å². The first kappa shape index (κ1) is 17.3. The Morgan fingerprint density at radius 3 is 2.80 bits per heavy atom. The Labute approximate surface area is 151 Å².